The van der Waals surface area contributed by atoms with Crippen LogP contribution in [-0.2, 0) is 0 Å². The average molecular weight is 347 g/mol. The molecule has 0 unspecified atom stereocenters. The van der Waals surface area contributed by atoms with Crippen molar-refractivity contribution in [2.45, 2.75) is 0 Å². The fraction of sp³-hybridized carbons (Fsp3) is 0.400. The van der Waals surface area contributed by atoms with Crippen LogP contribution < -0.4 is 5.32 Å². The van der Waals surface area contributed by atoms with Crippen LogP contribution in [0.25, 0.3) is 10.9 Å². The number of nitrogens with zero attached hydrogens (tertiary/aromatic N) is 2. The number of hydrogen-bond donors (Lipinski definition) is 1. The van der Waals surface area contributed by atoms with Crippen LogP contribution in [0.3, 0.4) is 0 Å². The van der Waals surface area contributed by atoms with Crippen molar-refractivity contribution in [1.82, 2.24) is 9.88 Å². The maximum atomic E-state index is 6.28. The van der Waals surface area contributed by atoms with Gasteiger partial charge in [0.15, 0.2) is 0 Å². The number of anilines is 1. The lowest BCUT2D eigenvalue weighted by molar-refractivity contribution is 0.319. The highest BCUT2D eigenvalue weighted by Gasteiger charge is 2.07. The predicted octanol–water partition coefficient (Wildman–Crippen LogP) is 4.08. The number of pyridine rings is 1. The first-order chi connectivity index (χ1) is 10.3. The molecule has 1 heterocycles. The van der Waals surface area contributed by atoms with Crippen LogP contribution >= 0.6 is 34.8 Å². The molecule has 1 aromatic heterocycles. The first kappa shape index (κ1) is 16.6. The van der Waals surface area contributed by atoms with Gasteiger partial charge in [-0.25, -0.2) is 0 Å². The number of alkyl halides is 2. The van der Waals surface area contributed by atoms with Crippen molar-refractivity contribution in [2.75, 3.05) is 43.3 Å². The van der Waals surface area contributed by atoms with Gasteiger partial charge in [-0.05, 0) is 18.2 Å². The maximum Gasteiger partial charge on any atom is 0.0737 e. The number of halogens is 3. The van der Waals surface area contributed by atoms with Gasteiger partial charge in [-0.1, -0.05) is 17.7 Å². The Hall–Kier alpha value is -0.740. The average Bonchev–Trinajstić information content (AvgIpc) is 2.48. The Morgan fingerprint density at radius 2 is 1.81 bits per heavy atom. The molecule has 0 atom stereocenters. The number of hydrogen-bond acceptors (Lipinski definition) is 3. The Morgan fingerprint density at radius 3 is 2.52 bits per heavy atom. The van der Waals surface area contributed by atoms with Crippen molar-refractivity contribution < 1.29 is 0 Å². The Morgan fingerprint density at radius 1 is 1.05 bits per heavy atom. The summed E-state index contributed by atoms with van der Waals surface area (Å²) in [6, 6.07) is 7.69. The van der Waals surface area contributed by atoms with Crippen molar-refractivity contribution in [3.05, 3.63) is 35.5 Å². The lowest BCUT2D eigenvalue weighted by Gasteiger charge is -2.20. The lowest BCUT2D eigenvalue weighted by Crippen LogP contribution is -2.32. The van der Waals surface area contributed by atoms with Crippen molar-refractivity contribution >= 4 is 51.4 Å². The normalized spacial score (nSPS) is 11.2. The molecule has 114 valence electrons. The van der Waals surface area contributed by atoms with E-state index in [1.54, 1.807) is 6.20 Å². The highest BCUT2D eigenvalue weighted by atomic mass is 35.5. The first-order valence-electron chi connectivity index (χ1n) is 6.87. The SMILES string of the molecule is ClCCN(CCCl)CCNc1ccnc2cccc(Cl)c12. The topological polar surface area (TPSA) is 28.2 Å². The Balaban J connectivity index is 2.03. The summed E-state index contributed by atoms with van der Waals surface area (Å²) in [6.07, 6.45) is 1.79. The highest BCUT2D eigenvalue weighted by molar-refractivity contribution is 6.36. The summed E-state index contributed by atoms with van der Waals surface area (Å²) in [6.45, 7) is 3.37. The smallest absolute Gasteiger partial charge is 0.0737 e. The quantitative estimate of drug-likeness (QED) is 0.730. The summed E-state index contributed by atoms with van der Waals surface area (Å²) in [5.74, 6) is 1.22. The zero-order valence-electron chi connectivity index (χ0n) is 11.7. The van der Waals surface area contributed by atoms with E-state index in [0.29, 0.717) is 16.8 Å². The molecule has 0 aliphatic carbocycles. The standard InChI is InChI=1S/C15H18Cl3N3/c16-5-9-21(10-6-17)11-8-20-14-4-7-19-13-3-1-2-12(18)15(13)14/h1-4,7H,5-6,8-11H2,(H,19,20). The third kappa shape index (κ3) is 4.62. The van der Waals surface area contributed by atoms with Gasteiger partial charge in [-0.2, -0.15) is 0 Å². The third-order valence-corrected chi connectivity index (χ3v) is 3.91. The molecule has 0 saturated carbocycles. The van der Waals surface area contributed by atoms with Crippen LogP contribution in [0.2, 0.25) is 5.02 Å². The molecule has 0 saturated heterocycles. The molecule has 0 radical (unpaired) electrons. The van der Waals surface area contributed by atoms with Crippen molar-refractivity contribution in [3.8, 4) is 0 Å². The number of fused-ring (bicyclic) bond motifs is 1. The molecule has 1 N–H and O–H groups in total. The number of rotatable bonds is 8. The Labute approximate surface area is 140 Å². The molecule has 6 heteroatoms. The van der Waals surface area contributed by atoms with E-state index in [9.17, 15) is 0 Å². The van der Waals surface area contributed by atoms with Crippen LogP contribution in [0.4, 0.5) is 5.69 Å². The van der Waals surface area contributed by atoms with Gasteiger partial charge in [-0.3, -0.25) is 9.88 Å². The van der Waals surface area contributed by atoms with Gasteiger partial charge in [0, 0.05) is 55.2 Å². The van der Waals surface area contributed by atoms with Crippen molar-refractivity contribution in [1.29, 1.82) is 0 Å². The van der Waals surface area contributed by atoms with Gasteiger partial charge in [-0.15, -0.1) is 23.2 Å². The molecule has 0 bridgehead atoms. The zero-order chi connectivity index (χ0) is 15.1. The summed E-state index contributed by atoms with van der Waals surface area (Å²) in [5, 5.41) is 5.09. The lowest BCUT2D eigenvalue weighted by atomic mass is 10.2. The van der Waals surface area contributed by atoms with Crippen molar-refractivity contribution in [2.24, 2.45) is 0 Å². The second-order valence-electron chi connectivity index (χ2n) is 4.64. The summed E-state index contributed by atoms with van der Waals surface area (Å²) in [5.41, 5.74) is 1.90. The molecule has 0 amide bonds. The van der Waals surface area contributed by atoms with E-state index < -0.39 is 0 Å². The number of benzene rings is 1. The van der Waals surface area contributed by atoms with E-state index in [2.05, 4.69) is 15.2 Å². The van der Waals surface area contributed by atoms with Crippen LogP contribution in [0.15, 0.2) is 30.5 Å². The number of nitrogens with one attached hydrogen (secondary N) is 1. The molecule has 0 aliphatic rings. The first-order valence-corrected chi connectivity index (χ1v) is 8.32. The van der Waals surface area contributed by atoms with Crippen LogP contribution in [0, 0.1) is 0 Å². The molecule has 0 aliphatic heterocycles. The largest absolute Gasteiger partial charge is 0.383 e. The molecule has 2 rings (SSSR count). The minimum atomic E-state index is 0.612. The zero-order valence-corrected chi connectivity index (χ0v) is 13.9. The van der Waals surface area contributed by atoms with Gasteiger partial charge in [0.05, 0.1) is 10.5 Å². The van der Waals surface area contributed by atoms with Crippen molar-refractivity contribution in [3.63, 3.8) is 0 Å². The van der Waals surface area contributed by atoms with Gasteiger partial charge < -0.3 is 5.32 Å². The van der Waals surface area contributed by atoms with Gasteiger partial charge in [0.1, 0.15) is 0 Å². The molecule has 3 nitrogen and oxygen atoms in total. The molecule has 21 heavy (non-hydrogen) atoms. The minimum Gasteiger partial charge on any atom is -0.383 e. The Kier molecular flexibility index (Phi) is 6.84. The second kappa shape index (κ2) is 8.64. The molecule has 0 spiro atoms. The molecule has 0 fully saturated rings. The molecule has 1 aromatic carbocycles. The molecular formula is C15H18Cl3N3. The minimum absolute atomic E-state index is 0.612. The molecular weight excluding hydrogens is 329 g/mol. The van der Waals surface area contributed by atoms with Gasteiger partial charge >= 0.3 is 0 Å². The Bertz CT molecular complexity index is 566. The fourth-order valence-electron chi connectivity index (χ4n) is 2.23. The summed E-state index contributed by atoms with van der Waals surface area (Å²) < 4.78 is 0. The van der Waals surface area contributed by atoms with Gasteiger partial charge in [0.25, 0.3) is 0 Å². The number of aromatic nitrogens is 1. The predicted molar refractivity (Wildman–Crippen MR) is 93.1 cm³/mol. The van der Waals surface area contributed by atoms with E-state index in [0.717, 1.165) is 42.8 Å². The van der Waals surface area contributed by atoms with E-state index >= 15 is 0 Å². The van der Waals surface area contributed by atoms with E-state index in [1.165, 1.54) is 0 Å². The monoisotopic (exact) mass is 345 g/mol. The fourth-order valence-corrected chi connectivity index (χ4v) is 2.98. The van der Waals surface area contributed by atoms with E-state index in [1.807, 2.05) is 24.3 Å². The van der Waals surface area contributed by atoms with E-state index in [4.69, 9.17) is 34.8 Å². The summed E-state index contributed by atoms with van der Waals surface area (Å²) >= 11 is 17.9. The van der Waals surface area contributed by atoms with E-state index in [-0.39, 0.29) is 0 Å². The summed E-state index contributed by atoms with van der Waals surface area (Å²) in [4.78, 5) is 6.57. The maximum absolute atomic E-state index is 6.28. The second-order valence-corrected chi connectivity index (χ2v) is 5.80. The van der Waals surface area contributed by atoms with Gasteiger partial charge in [0.2, 0.25) is 0 Å². The van der Waals surface area contributed by atoms with Crippen LogP contribution in [0.1, 0.15) is 0 Å². The highest BCUT2D eigenvalue weighted by Crippen LogP contribution is 2.28. The van der Waals surface area contributed by atoms with Crippen LogP contribution in [0.5, 0.6) is 0 Å². The molecule has 2 aromatic rings. The third-order valence-electron chi connectivity index (χ3n) is 3.26. The summed E-state index contributed by atoms with van der Waals surface area (Å²) in [7, 11) is 0. The van der Waals surface area contributed by atoms with Crippen LogP contribution in [-0.4, -0.2) is 47.8 Å².